The Labute approximate surface area is 122 Å². The van der Waals surface area contributed by atoms with E-state index in [0.29, 0.717) is 27.8 Å². The van der Waals surface area contributed by atoms with Crippen LogP contribution < -0.4 is 14.8 Å². The first-order valence-electron chi connectivity index (χ1n) is 5.93. The van der Waals surface area contributed by atoms with Gasteiger partial charge in [-0.2, -0.15) is 0 Å². The zero-order valence-electron chi connectivity index (χ0n) is 11.1. The summed E-state index contributed by atoms with van der Waals surface area (Å²) in [5, 5.41) is 3.17. The lowest BCUT2D eigenvalue weighted by Gasteiger charge is -2.10. The molecular weight excluding hydrogens is 278 g/mol. The van der Waals surface area contributed by atoms with E-state index in [-0.39, 0.29) is 5.91 Å². The number of hydrogen-bond acceptors (Lipinski definition) is 3. The van der Waals surface area contributed by atoms with E-state index in [4.69, 9.17) is 21.1 Å². The maximum Gasteiger partial charge on any atom is 0.257 e. The minimum Gasteiger partial charge on any atom is -0.497 e. The fourth-order valence-corrected chi connectivity index (χ4v) is 1.94. The molecule has 0 aliphatic heterocycles. The third kappa shape index (κ3) is 3.22. The normalized spacial score (nSPS) is 9.95. The molecule has 0 radical (unpaired) electrons. The number of rotatable bonds is 4. The van der Waals surface area contributed by atoms with Gasteiger partial charge >= 0.3 is 0 Å². The number of carbonyl (C=O) groups excluding carboxylic acids is 1. The van der Waals surface area contributed by atoms with E-state index in [2.05, 4.69) is 5.32 Å². The third-order valence-electron chi connectivity index (χ3n) is 2.73. The zero-order chi connectivity index (χ0) is 14.5. The summed E-state index contributed by atoms with van der Waals surface area (Å²) in [7, 11) is 3.10. The van der Waals surface area contributed by atoms with Crippen LogP contribution in [0.5, 0.6) is 11.5 Å². The molecule has 20 heavy (non-hydrogen) atoms. The molecule has 0 aliphatic carbocycles. The Kier molecular flexibility index (Phi) is 4.48. The first-order chi connectivity index (χ1) is 9.63. The zero-order valence-corrected chi connectivity index (χ0v) is 11.9. The summed E-state index contributed by atoms with van der Waals surface area (Å²) in [6.07, 6.45) is 0. The summed E-state index contributed by atoms with van der Waals surface area (Å²) >= 11 is 5.99. The van der Waals surface area contributed by atoms with Crippen molar-refractivity contribution in [1.82, 2.24) is 0 Å². The van der Waals surface area contributed by atoms with Crippen LogP contribution in [0, 0.1) is 0 Å². The quantitative estimate of drug-likeness (QED) is 0.936. The predicted octanol–water partition coefficient (Wildman–Crippen LogP) is 3.61. The molecule has 1 N–H and O–H groups in total. The second kappa shape index (κ2) is 6.30. The molecule has 4 nitrogen and oxygen atoms in total. The van der Waals surface area contributed by atoms with E-state index >= 15 is 0 Å². The molecule has 0 saturated carbocycles. The lowest BCUT2D eigenvalue weighted by molar-refractivity contribution is 0.102. The number of halogens is 1. The van der Waals surface area contributed by atoms with E-state index < -0.39 is 0 Å². The molecule has 2 aromatic carbocycles. The van der Waals surface area contributed by atoms with Crippen molar-refractivity contribution < 1.29 is 14.3 Å². The maximum atomic E-state index is 12.2. The molecule has 5 heteroatoms. The van der Waals surface area contributed by atoms with E-state index in [1.165, 1.54) is 0 Å². The second-order valence-electron chi connectivity index (χ2n) is 4.04. The minimum absolute atomic E-state index is 0.286. The summed E-state index contributed by atoms with van der Waals surface area (Å²) in [5.41, 5.74) is 0.988. The van der Waals surface area contributed by atoms with Gasteiger partial charge in [-0.3, -0.25) is 4.79 Å². The van der Waals surface area contributed by atoms with Crippen LogP contribution in [-0.4, -0.2) is 20.1 Å². The van der Waals surface area contributed by atoms with Crippen molar-refractivity contribution in [2.24, 2.45) is 0 Å². The molecular formula is C15H14ClNO3. The van der Waals surface area contributed by atoms with Crippen LogP contribution in [0.4, 0.5) is 5.69 Å². The SMILES string of the molecule is COc1cc(NC(=O)c2ccccc2Cl)cc(OC)c1. The summed E-state index contributed by atoms with van der Waals surface area (Å²) in [6.45, 7) is 0. The second-order valence-corrected chi connectivity index (χ2v) is 4.44. The summed E-state index contributed by atoms with van der Waals surface area (Å²) in [6, 6.07) is 12.0. The number of carbonyl (C=O) groups is 1. The molecule has 0 spiro atoms. The van der Waals surface area contributed by atoms with E-state index in [9.17, 15) is 4.79 Å². The van der Waals surface area contributed by atoms with E-state index in [1.54, 1.807) is 56.7 Å². The van der Waals surface area contributed by atoms with Crippen LogP contribution in [0.1, 0.15) is 10.4 Å². The monoisotopic (exact) mass is 291 g/mol. The molecule has 0 fully saturated rings. The van der Waals surface area contributed by atoms with Gasteiger partial charge in [0.15, 0.2) is 0 Å². The molecule has 0 bridgehead atoms. The highest BCUT2D eigenvalue weighted by molar-refractivity contribution is 6.34. The van der Waals surface area contributed by atoms with Crippen LogP contribution in [0.25, 0.3) is 0 Å². The molecule has 2 rings (SSSR count). The van der Waals surface area contributed by atoms with Crippen molar-refractivity contribution in [3.8, 4) is 11.5 Å². The third-order valence-corrected chi connectivity index (χ3v) is 3.06. The van der Waals surface area contributed by atoms with Gasteiger partial charge in [0.1, 0.15) is 11.5 Å². The summed E-state index contributed by atoms with van der Waals surface area (Å²) in [5.74, 6) is 0.906. The van der Waals surface area contributed by atoms with Crippen molar-refractivity contribution in [2.45, 2.75) is 0 Å². The number of nitrogens with one attached hydrogen (secondary N) is 1. The molecule has 104 valence electrons. The van der Waals surface area contributed by atoms with Crippen molar-refractivity contribution in [3.63, 3.8) is 0 Å². The summed E-state index contributed by atoms with van der Waals surface area (Å²) in [4.78, 5) is 12.2. The highest BCUT2D eigenvalue weighted by Gasteiger charge is 2.11. The van der Waals surface area contributed by atoms with Gasteiger partial charge in [0.2, 0.25) is 0 Å². The molecule has 2 aromatic rings. The first kappa shape index (κ1) is 14.2. The Balaban J connectivity index is 2.26. The highest BCUT2D eigenvalue weighted by Crippen LogP contribution is 2.26. The van der Waals surface area contributed by atoms with Gasteiger partial charge in [-0.25, -0.2) is 0 Å². The number of methoxy groups -OCH3 is 2. The summed E-state index contributed by atoms with van der Waals surface area (Å²) < 4.78 is 10.3. The van der Waals surface area contributed by atoms with Gasteiger partial charge in [-0.05, 0) is 12.1 Å². The van der Waals surface area contributed by atoms with Gasteiger partial charge in [-0.15, -0.1) is 0 Å². The van der Waals surface area contributed by atoms with Crippen LogP contribution in [0.2, 0.25) is 5.02 Å². The van der Waals surface area contributed by atoms with Gasteiger partial charge in [0.05, 0.1) is 24.8 Å². The Morgan fingerprint density at radius 1 is 1.05 bits per heavy atom. The molecule has 0 aliphatic rings. The van der Waals surface area contributed by atoms with Crippen molar-refractivity contribution >= 4 is 23.2 Å². The maximum absolute atomic E-state index is 12.2. The molecule has 0 aromatic heterocycles. The molecule has 0 unspecified atom stereocenters. The van der Waals surface area contributed by atoms with Crippen LogP contribution in [0.15, 0.2) is 42.5 Å². The lowest BCUT2D eigenvalue weighted by atomic mass is 10.2. The average molecular weight is 292 g/mol. The number of amides is 1. The Bertz CT molecular complexity index is 606. The largest absolute Gasteiger partial charge is 0.497 e. The van der Waals surface area contributed by atoms with E-state index in [1.807, 2.05) is 0 Å². The Hall–Kier alpha value is -2.20. The number of anilines is 1. The number of hydrogen-bond donors (Lipinski definition) is 1. The number of ether oxygens (including phenoxy) is 2. The van der Waals surface area contributed by atoms with Gasteiger partial charge < -0.3 is 14.8 Å². The minimum atomic E-state index is -0.286. The van der Waals surface area contributed by atoms with Gasteiger partial charge in [-0.1, -0.05) is 23.7 Å². The first-order valence-corrected chi connectivity index (χ1v) is 6.31. The molecule has 1 amide bonds. The topological polar surface area (TPSA) is 47.6 Å². The average Bonchev–Trinajstić information content (AvgIpc) is 2.47. The standard InChI is InChI=1S/C15H14ClNO3/c1-19-11-7-10(8-12(9-11)20-2)17-15(18)13-5-3-4-6-14(13)16/h3-9H,1-2H3,(H,17,18). The van der Waals surface area contributed by atoms with Gasteiger partial charge in [0, 0.05) is 23.9 Å². The van der Waals surface area contributed by atoms with Crippen LogP contribution >= 0.6 is 11.6 Å². The highest BCUT2D eigenvalue weighted by atomic mass is 35.5. The lowest BCUT2D eigenvalue weighted by Crippen LogP contribution is -2.12. The van der Waals surface area contributed by atoms with Gasteiger partial charge in [0.25, 0.3) is 5.91 Å². The molecule has 0 atom stereocenters. The van der Waals surface area contributed by atoms with Crippen molar-refractivity contribution in [3.05, 3.63) is 53.1 Å². The van der Waals surface area contributed by atoms with E-state index in [0.717, 1.165) is 0 Å². The van der Waals surface area contributed by atoms with Crippen molar-refractivity contribution in [1.29, 1.82) is 0 Å². The smallest absolute Gasteiger partial charge is 0.257 e. The fourth-order valence-electron chi connectivity index (χ4n) is 1.72. The van der Waals surface area contributed by atoms with Crippen LogP contribution in [-0.2, 0) is 0 Å². The number of benzene rings is 2. The molecule has 0 saturated heterocycles. The Morgan fingerprint density at radius 3 is 2.20 bits per heavy atom. The molecule has 0 heterocycles. The van der Waals surface area contributed by atoms with Crippen LogP contribution in [0.3, 0.4) is 0 Å². The Morgan fingerprint density at radius 2 is 1.65 bits per heavy atom. The predicted molar refractivity (Wildman–Crippen MR) is 79.0 cm³/mol. The van der Waals surface area contributed by atoms with Crippen molar-refractivity contribution in [2.75, 3.05) is 19.5 Å². The fraction of sp³-hybridized carbons (Fsp3) is 0.133.